The molecule has 0 atom stereocenters. The molecule has 0 saturated carbocycles. The van der Waals surface area contributed by atoms with Crippen molar-refractivity contribution in [2.24, 2.45) is 0 Å². The molecule has 2 aromatic heterocycles. The fourth-order valence-corrected chi connectivity index (χ4v) is 3.25. The van der Waals surface area contributed by atoms with E-state index in [2.05, 4.69) is 30.2 Å². The summed E-state index contributed by atoms with van der Waals surface area (Å²) in [5, 5.41) is 10.8. The van der Waals surface area contributed by atoms with Crippen LogP contribution in [0.3, 0.4) is 0 Å². The summed E-state index contributed by atoms with van der Waals surface area (Å²) in [6, 6.07) is 16.5. The fraction of sp³-hybridized carbons (Fsp3) is 0.0526. The van der Waals surface area contributed by atoms with Gasteiger partial charge in [-0.25, -0.2) is 18.4 Å². The molecule has 0 bridgehead atoms. The second-order valence-electron chi connectivity index (χ2n) is 6.26. The van der Waals surface area contributed by atoms with Crippen molar-refractivity contribution in [1.82, 2.24) is 24.7 Å². The third-order valence-corrected chi connectivity index (χ3v) is 4.59. The smallest absolute Gasteiger partial charge is 0.229 e. The van der Waals surface area contributed by atoms with Gasteiger partial charge < -0.3 is 5.32 Å². The van der Waals surface area contributed by atoms with Crippen LogP contribution in [0.4, 0.5) is 17.3 Å². The number of aromatic nitrogens is 5. The molecule has 29 heavy (non-hydrogen) atoms. The number of nitrogens with one attached hydrogen (secondary N) is 2. The van der Waals surface area contributed by atoms with Crippen molar-refractivity contribution in [3.63, 3.8) is 0 Å². The van der Waals surface area contributed by atoms with Crippen LogP contribution in [0.1, 0.15) is 0 Å². The largest absolute Gasteiger partial charge is 0.324 e. The lowest BCUT2D eigenvalue weighted by atomic mass is 10.1. The van der Waals surface area contributed by atoms with E-state index in [9.17, 15) is 8.42 Å². The molecule has 0 aliphatic carbocycles. The number of rotatable bonds is 6. The van der Waals surface area contributed by atoms with Crippen molar-refractivity contribution in [2.45, 2.75) is 0 Å². The average molecular weight is 407 g/mol. The quantitative estimate of drug-likeness (QED) is 0.505. The Morgan fingerprint density at radius 2 is 1.52 bits per heavy atom. The highest BCUT2D eigenvalue weighted by atomic mass is 32.2. The van der Waals surface area contributed by atoms with Crippen LogP contribution in [-0.4, -0.2) is 39.4 Å². The topological polar surface area (TPSA) is 115 Å². The van der Waals surface area contributed by atoms with Crippen LogP contribution in [0.2, 0.25) is 0 Å². The SMILES string of the molecule is CS(=O)(=O)Nc1ccc(-c2ccnc(Nc3ccc(-n4cnnc4)cc3)n2)cc1. The van der Waals surface area contributed by atoms with Gasteiger partial charge >= 0.3 is 0 Å². The van der Waals surface area contributed by atoms with Crippen LogP contribution >= 0.6 is 0 Å². The van der Waals surface area contributed by atoms with Gasteiger partial charge in [-0.3, -0.25) is 9.29 Å². The molecule has 2 N–H and O–H groups in total. The van der Waals surface area contributed by atoms with Crippen LogP contribution in [0, 0.1) is 0 Å². The van der Waals surface area contributed by atoms with Gasteiger partial charge in [0.25, 0.3) is 0 Å². The molecule has 0 fully saturated rings. The van der Waals surface area contributed by atoms with Crippen LogP contribution in [0.15, 0.2) is 73.4 Å². The predicted molar refractivity (Wildman–Crippen MR) is 111 cm³/mol. The Kier molecular flexibility index (Phi) is 4.92. The number of hydrogen-bond donors (Lipinski definition) is 2. The van der Waals surface area contributed by atoms with E-state index < -0.39 is 10.0 Å². The number of benzene rings is 2. The molecular formula is C19H17N7O2S. The zero-order valence-corrected chi connectivity index (χ0v) is 16.2. The molecule has 0 spiro atoms. The first-order valence-corrected chi connectivity index (χ1v) is 10.5. The van der Waals surface area contributed by atoms with Crippen molar-refractivity contribution in [3.8, 4) is 16.9 Å². The highest BCUT2D eigenvalue weighted by Crippen LogP contribution is 2.22. The van der Waals surface area contributed by atoms with Gasteiger partial charge in [0.1, 0.15) is 12.7 Å². The van der Waals surface area contributed by atoms with Crippen LogP contribution < -0.4 is 10.0 Å². The Labute approximate surface area is 167 Å². The Morgan fingerprint density at radius 3 is 2.17 bits per heavy atom. The number of anilines is 3. The van der Waals surface area contributed by atoms with Crippen LogP contribution in [0.25, 0.3) is 16.9 Å². The van der Waals surface area contributed by atoms with E-state index in [1.54, 1.807) is 49.2 Å². The molecule has 0 aliphatic rings. The average Bonchev–Trinajstić information content (AvgIpc) is 3.23. The van der Waals surface area contributed by atoms with E-state index in [-0.39, 0.29) is 0 Å². The van der Waals surface area contributed by atoms with Gasteiger partial charge in [-0.2, -0.15) is 0 Å². The molecule has 0 unspecified atom stereocenters. The zero-order valence-electron chi connectivity index (χ0n) is 15.4. The lowest BCUT2D eigenvalue weighted by Crippen LogP contribution is -2.09. The fourth-order valence-electron chi connectivity index (χ4n) is 2.68. The summed E-state index contributed by atoms with van der Waals surface area (Å²) >= 11 is 0. The standard InChI is InChI=1S/C19H17N7O2S/c1-29(27,28)25-16-4-2-14(3-5-16)18-10-11-20-19(24-18)23-15-6-8-17(9-7-15)26-12-21-22-13-26/h2-13,25H,1H3,(H,20,23,24). The molecule has 0 aliphatic heterocycles. The Hall–Kier alpha value is -3.79. The lowest BCUT2D eigenvalue weighted by Gasteiger charge is -2.09. The summed E-state index contributed by atoms with van der Waals surface area (Å²) in [6.07, 6.45) is 6.04. The van der Waals surface area contributed by atoms with Gasteiger partial charge in [0.15, 0.2) is 0 Å². The predicted octanol–water partition coefficient (Wildman–Crippen LogP) is 2.84. The Bertz CT molecular complexity index is 1210. The lowest BCUT2D eigenvalue weighted by molar-refractivity contribution is 0.607. The minimum absolute atomic E-state index is 0.456. The minimum Gasteiger partial charge on any atom is -0.324 e. The number of hydrogen-bond acceptors (Lipinski definition) is 7. The second kappa shape index (κ2) is 7.68. The molecule has 2 aromatic carbocycles. The van der Waals surface area contributed by atoms with Gasteiger partial charge in [0.05, 0.1) is 11.9 Å². The van der Waals surface area contributed by atoms with Crippen LogP contribution in [-0.2, 0) is 10.0 Å². The van der Waals surface area contributed by atoms with Gasteiger partial charge in [-0.05, 0) is 42.5 Å². The molecule has 10 heteroatoms. The maximum absolute atomic E-state index is 11.3. The molecule has 2 heterocycles. The third-order valence-electron chi connectivity index (χ3n) is 3.98. The third kappa shape index (κ3) is 4.74. The highest BCUT2D eigenvalue weighted by molar-refractivity contribution is 7.92. The molecule has 0 radical (unpaired) electrons. The highest BCUT2D eigenvalue weighted by Gasteiger charge is 2.06. The van der Waals surface area contributed by atoms with Crippen molar-refractivity contribution < 1.29 is 8.42 Å². The summed E-state index contributed by atoms with van der Waals surface area (Å²) in [5.41, 5.74) is 3.84. The molecular weight excluding hydrogens is 390 g/mol. The van der Waals surface area contributed by atoms with Crippen LogP contribution in [0.5, 0.6) is 0 Å². The Morgan fingerprint density at radius 1 is 0.862 bits per heavy atom. The first-order valence-electron chi connectivity index (χ1n) is 8.60. The van der Waals surface area contributed by atoms with E-state index in [1.807, 2.05) is 28.8 Å². The van der Waals surface area contributed by atoms with Gasteiger partial charge in [-0.1, -0.05) is 12.1 Å². The van der Waals surface area contributed by atoms with Gasteiger partial charge in [-0.15, -0.1) is 10.2 Å². The normalized spacial score (nSPS) is 11.2. The summed E-state index contributed by atoms with van der Waals surface area (Å²) < 4.78 is 26.9. The van der Waals surface area contributed by atoms with E-state index >= 15 is 0 Å². The number of nitrogens with zero attached hydrogens (tertiary/aromatic N) is 5. The molecule has 4 rings (SSSR count). The summed E-state index contributed by atoms with van der Waals surface area (Å²) in [4.78, 5) is 8.79. The maximum Gasteiger partial charge on any atom is 0.229 e. The summed E-state index contributed by atoms with van der Waals surface area (Å²) in [6.45, 7) is 0. The van der Waals surface area contributed by atoms with Crippen molar-refractivity contribution >= 4 is 27.3 Å². The van der Waals surface area contributed by atoms with Crippen molar-refractivity contribution in [1.29, 1.82) is 0 Å². The molecule has 4 aromatic rings. The first-order chi connectivity index (χ1) is 14.0. The van der Waals surface area contributed by atoms with E-state index in [0.29, 0.717) is 11.6 Å². The van der Waals surface area contributed by atoms with Gasteiger partial charge in [0.2, 0.25) is 16.0 Å². The Balaban J connectivity index is 1.50. The number of sulfonamides is 1. The molecule has 146 valence electrons. The van der Waals surface area contributed by atoms with Crippen molar-refractivity contribution in [2.75, 3.05) is 16.3 Å². The maximum atomic E-state index is 11.3. The molecule has 0 saturated heterocycles. The first kappa shape index (κ1) is 18.6. The molecule has 9 nitrogen and oxygen atoms in total. The van der Waals surface area contributed by atoms with E-state index in [1.165, 1.54) is 0 Å². The van der Waals surface area contributed by atoms with E-state index in [4.69, 9.17) is 0 Å². The zero-order chi connectivity index (χ0) is 20.3. The van der Waals surface area contributed by atoms with Gasteiger partial charge in [0, 0.05) is 28.8 Å². The minimum atomic E-state index is -3.31. The van der Waals surface area contributed by atoms with Crippen molar-refractivity contribution in [3.05, 3.63) is 73.4 Å². The summed E-state index contributed by atoms with van der Waals surface area (Å²) in [7, 11) is -3.31. The van der Waals surface area contributed by atoms with E-state index in [0.717, 1.165) is 28.9 Å². The second-order valence-corrected chi connectivity index (χ2v) is 8.01. The monoisotopic (exact) mass is 407 g/mol. The molecule has 0 amide bonds. The summed E-state index contributed by atoms with van der Waals surface area (Å²) in [5.74, 6) is 0.456.